The lowest BCUT2D eigenvalue weighted by molar-refractivity contribution is -0.337. The van der Waals surface area contributed by atoms with Crippen LogP contribution in [0, 0.1) is 0 Å². The summed E-state index contributed by atoms with van der Waals surface area (Å²) < 4.78 is 58.4. The van der Waals surface area contributed by atoms with Crippen molar-refractivity contribution in [2.45, 2.75) is 129 Å². The molecule has 3 amide bonds. The molecule has 0 aromatic heterocycles. The van der Waals surface area contributed by atoms with E-state index in [-0.39, 0.29) is 13.2 Å². The Morgan fingerprint density at radius 1 is 0.702 bits per heavy atom. The van der Waals surface area contributed by atoms with Gasteiger partial charge in [-0.15, -0.1) is 0 Å². The average molecular weight is 812 g/mol. The summed E-state index contributed by atoms with van der Waals surface area (Å²) in [5.41, 5.74) is 0.818. The van der Waals surface area contributed by atoms with Crippen molar-refractivity contribution >= 4 is 41.6 Å². The number of ether oxygens (including phenoxy) is 10. The first kappa shape index (κ1) is 46.7. The van der Waals surface area contributed by atoms with E-state index in [2.05, 4.69) is 16.0 Å². The second kappa shape index (κ2) is 22.3. The Kier molecular flexibility index (Phi) is 18.2. The van der Waals surface area contributed by atoms with Crippen LogP contribution in [0.25, 0.3) is 0 Å². The SMILES string of the molecule is COC(=O)[C@H](C)NC(=O)[C@@H](C)O[C@@H]1[C@@H](NC(C)=O)[C@H](OC)O[C@H](COCc2ccccc2)[C@H]1O[C@@H]1O[C@H](COC(C)=O)[C@@H](OC(C)=O)[C@H](OC(C)=O)[C@H]1NC(C)=O. The molecule has 3 N–H and O–H groups in total. The maximum Gasteiger partial charge on any atom is 0.328 e. The minimum Gasteiger partial charge on any atom is -0.467 e. The van der Waals surface area contributed by atoms with Gasteiger partial charge in [0, 0.05) is 41.7 Å². The quantitative estimate of drug-likeness (QED) is 0.126. The summed E-state index contributed by atoms with van der Waals surface area (Å²) in [4.78, 5) is 87.6. The van der Waals surface area contributed by atoms with Crippen LogP contribution in [-0.2, 0) is 87.5 Å². The van der Waals surface area contributed by atoms with E-state index in [0.29, 0.717) is 0 Å². The Labute approximate surface area is 330 Å². The second-order valence-electron chi connectivity index (χ2n) is 13.3. The predicted octanol–water partition coefficient (Wildman–Crippen LogP) is -0.428. The molecule has 2 aliphatic rings. The highest BCUT2D eigenvalue weighted by Gasteiger charge is 2.55. The normalized spacial score (nSPS) is 28.1. The molecule has 20 nitrogen and oxygen atoms in total. The first-order valence-corrected chi connectivity index (χ1v) is 18.1. The van der Waals surface area contributed by atoms with Crippen molar-refractivity contribution < 1.29 is 80.9 Å². The van der Waals surface area contributed by atoms with Gasteiger partial charge in [0.2, 0.25) is 17.7 Å². The molecule has 1 aromatic rings. The molecule has 0 aliphatic carbocycles. The summed E-state index contributed by atoms with van der Waals surface area (Å²) in [5, 5.41) is 7.87. The molecule has 2 heterocycles. The highest BCUT2D eigenvalue weighted by molar-refractivity contribution is 5.86. The lowest BCUT2D eigenvalue weighted by atomic mass is 9.93. The topological polar surface area (TPSA) is 248 Å². The molecule has 0 spiro atoms. The molecule has 3 rings (SSSR count). The van der Waals surface area contributed by atoms with Crippen molar-refractivity contribution in [2.24, 2.45) is 0 Å². The molecule has 0 radical (unpaired) electrons. The van der Waals surface area contributed by atoms with Gasteiger partial charge in [-0.2, -0.15) is 0 Å². The third-order valence-electron chi connectivity index (χ3n) is 8.65. The minimum atomic E-state index is -1.62. The summed E-state index contributed by atoms with van der Waals surface area (Å²) in [6.07, 6.45) is -12.3. The van der Waals surface area contributed by atoms with E-state index < -0.39 is 122 Å². The fourth-order valence-electron chi connectivity index (χ4n) is 6.25. The first-order chi connectivity index (χ1) is 26.9. The number of methoxy groups -OCH3 is 2. The van der Waals surface area contributed by atoms with Crippen LogP contribution in [0.15, 0.2) is 30.3 Å². The van der Waals surface area contributed by atoms with Crippen LogP contribution in [0.1, 0.15) is 54.0 Å². The number of rotatable bonds is 18. The van der Waals surface area contributed by atoms with E-state index in [0.717, 1.165) is 33.4 Å². The van der Waals surface area contributed by atoms with Crippen molar-refractivity contribution in [3.63, 3.8) is 0 Å². The second-order valence-corrected chi connectivity index (χ2v) is 13.3. The van der Waals surface area contributed by atoms with Gasteiger partial charge in [0.15, 0.2) is 24.8 Å². The minimum absolute atomic E-state index is 0.118. The lowest BCUT2D eigenvalue weighted by Gasteiger charge is -2.50. The molecule has 57 heavy (non-hydrogen) atoms. The van der Waals surface area contributed by atoms with E-state index in [1.165, 1.54) is 34.8 Å². The number of esters is 4. The fourth-order valence-corrected chi connectivity index (χ4v) is 6.25. The molecule has 0 saturated carbocycles. The van der Waals surface area contributed by atoms with Crippen molar-refractivity contribution in [1.82, 2.24) is 16.0 Å². The standard InChI is InChI=1S/C37H53N3O17/c1-18(35(47)48-8)38-34(46)19(2)52-32-28(39-20(3)41)36(49-9)55-26(16-50-15-25-13-11-10-12-14-25)31(32)57-37-29(40-21(4)42)33(54-24(7)45)30(53-23(6)44)27(56-37)17-51-22(5)43/h10-14,18-19,26-33,36-37H,15-17H2,1-9H3,(H,38,46)(H,39,41)(H,40,42)/t18-,19+,26+,27+,28+,29+,30+,31+,32+,33+,36+,37-/m0/s1. The summed E-state index contributed by atoms with van der Waals surface area (Å²) in [5.74, 6) is -4.99. The Hall–Kier alpha value is -4.73. The van der Waals surface area contributed by atoms with Gasteiger partial charge in [-0.25, -0.2) is 4.79 Å². The summed E-state index contributed by atoms with van der Waals surface area (Å²) >= 11 is 0. The van der Waals surface area contributed by atoms with Crippen LogP contribution in [-0.4, -0.2) is 142 Å². The number of hydrogen-bond donors (Lipinski definition) is 3. The zero-order chi connectivity index (χ0) is 42.4. The van der Waals surface area contributed by atoms with Gasteiger partial charge in [-0.3, -0.25) is 28.8 Å². The van der Waals surface area contributed by atoms with Crippen molar-refractivity contribution in [3.8, 4) is 0 Å². The van der Waals surface area contributed by atoms with Crippen LogP contribution >= 0.6 is 0 Å². The van der Waals surface area contributed by atoms with E-state index in [1.54, 1.807) is 0 Å². The Morgan fingerprint density at radius 3 is 1.81 bits per heavy atom. The number of amides is 3. The molecule has 0 bridgehead atoms. The predicted molar refractivity (Wildman–Crippen MR) is 192 cm³/mol. The molecular formula is C37H53N3O17. The van der Waals surface area contributed by atoms with Crippen LogP contribution < -0.4 is 16.0 Å². The molecule has 12 atom stereocenters. The van der Waals surface area contributed by atoms with Crippen LogP contribution in [0.5, 0.6) is 0 Å². The highest BCUT2D eigenvalue weighted by atomic mass is 16.7. The van der Waals surface area contributed by atoms with Crippen molar-refractivity contribution in [3.05, 3.63) is 35.9 Å². The van der Waals surface area contributed by atoms with E-state index in [9.17, 15) is 33.6 Å². The summed E-state index contributed by atoms with van der Waals surface area (Å²) in [6.45, 7) is 7.95. The Bertz CT molecular complexity index is 1550. The zero-order valence-corrected chi connectivity index (χ0v) is 33.4. The van der Waals surface area contributed by atoms with Gasteiger partial charge in [-0.1, -0.05) is 30.3 Å². The van der Waals surface area contributed by atoms with Crippen LogP contribution in [0.3, 0.4) is 0 Å². The van der Waals surface area contributed by atoms with Crippen LogP contribution in [0.2, 0.25) is 0 Å². The number of benzene rings is 1. The molecule has 318 valence electrons. The first-order valence-electron chi connectivity index (χ1n) is 18.1. The molecule has 0 unspecified atom stereocenters. The monoisotopic (exact) mass is 811 g/mol. The van der Waals surface area contributed by atoms with Gasteiger partial charge in [0.25, 0.3) is 0 Å². The molecule has 1 aromatic carbocycles. The van der Waals surface area contributed by atoms with Gasteiger partial charge in [-0.05, 0) is 19.4 Å². The Morgan fingerprint density at radius 2 is 1.26 bits per heavy atom. The number of nitrogens with one attached hydrogen (secondary N) is 3. The zero-order valence-electron chi connectivity index (χ0n) is 33.4. The third-order valence-corrected chi connectivity index (χ3v) is 8.65. The van der Waals surface area contributed by atoms with E-state index >= 15 is 0 Å². The fraction of sp³-hybridized carbons (Fsp3) is 0.649. The van der Waals surface area contributed by atoms with Gasteiger partial charge in [0.1, 0.15) is 55.3 Å². The van der Waals surface area contributed by atoms with Gasteiger partial charge in [0.05, 0.1) is 20.3 Å². The van der Waals surface area contributed by atoms with Gasteiger partial charge < -0.3 is 63.3 Å². The molecule has 2 aliphatic heterocycles. The number of carbonyl (C=O) groups excluding carboxylic acids is 7. The molecule has 2 saturated heterocycles. The number of carbonyl (C=O) groups is 7. The largest absolute Gasteiger partial charge is 0.467 e. The Balaban J connectivity index is 2.17. The lowest BCUT2D eigenvalue weighted by Crippen LogP contribution is -2.70. The van der Waals surface area contributed by atoms with Crippen LogP contribution in [0.4, 0.5) is 0 Å². The van der Waals surface area contributed by atoms with E-state index in [4.69, 9.17) is 47.4 Å². The van der Waals surface area contributed by atoms with E-state index in [1.807, 2.05) is 30.3 Å². The summed E-state index contributed by atoms with van der Waals surface area (Å²) in [6, 6.07) is 5.53. The maximum atomic E-state index is 13.4. The molecule has 20 heteroatoms. The highest BCUT2D eigenvalue weighted by Crippen LogP contribution is 2.34. The summed E-state index contributed by atoms with van der Waals surface area (Å²) in [7, 11) is 2.49. The maximum absolute atomic E-state index is 13.4. The molecule has 2 fully saturated rings. The van der Waals surface area contributed by atoms with Gasteiger partial charge >= 0.3 is 23.9 Å². The molecular weight excluding hydrogens is 758 g/mol. The van der Waals surface area contributed by atoms with Crippen molar-refractivity contribution in [2.75, 3.05) is 27.4 Å². The average Bonchev–Trinajstić information content (AvgIpc) is 3.14. The van der Waals surface area contributed by atoms with Crippen molar-refractivity contribution in [1.29, 1.82) is 0 Å². The smallest absolute Gasteiger partial charge is 0.328 e. The third kappa shape index (κ3) is 14.0. The number of hydrogen-bond acceptors (Lipinski definition) is 17.